The molecule has 1 heterocycles. The first-order chi connectivity index (χ1) is 10.2. The number of hydrogen-bond acceptors (Lipinski definition) is 2. The Balaban J connectivity index is 1.70. The van der Waals surface area contributed by atoms with Crippen molar-refractivity contribution in [3.05, 3.63) is 29.3 Å². The fraction of sp³-hybridized carbons (Fsp3) is 0.562. The highest BCUT2D eigenvalue weighted by atomic mass is 35.5. The lowest BCUT2D eigenvalue weighted by Gasteiger charge is -2.09. The Hall–Kier alpha value is -1.13. The van der Waals surface area contributed by atoms with Gasteiger partial charge < -0.3 is 9.30 Å². The summed E-state index contributed by atoms with van der Waals surface area (Å²) in [6, 6.07) is 3.33. The predicted molar refractivity (Wildman–Crippen MR) is 82.1 cm³/mol. The van der Waals surface area contributed by atoms with E-state index in [2.05, 4.69) is 9.55 Å². The van der Waals surface area contributed by atoms with Gasteiger partial charge in [0.15, 0.2) is 0 Å². The van der Waals surface area contributed by atoms with E-state index in [0.29, 0.717) is 17.0 Å². The summed E-state index contributed by atoms with van der Waals surface area (Å²) in [5, 5.41) is 0. The molecule has 5 heteroatoms. The molecule has 0 N–H and O–H groups in total. The molecule has 0 bridgehead atoms. The summed E-state index contributed by atoms with van der Waals surface area (Å²) >= 11 is 5.96. The van der Waals surface area contributed by atoms with Crippen LogP contribution in [0.15, 0.2) is 12.1 Å². The van der Waals surface area contributed by atoms with Crippen LogP contribution in [0.1, 0.15) is 30.7 Å². The molecule has 0 atom stereocenters. The third-order valence-corrected chi connectivity index (χ3v) is 4.19. The molecular formula is C16H20ClFN2O. The van der Waals surface area contributed by atoms with Crippen molar-refractivity contribution >= 4 is 22.6 Å². The Morgan fingerprint density at radius 1 is 1.43 bits per heavy atom. The van der Waals surface area contributed by atoms with Crippen molar-refractivity contribution in [2.24, 2.45) is 5.92 Å². The number of fused-ring (bicyclic) bond motifs is 1. The number of ether oxygens (including phenoxy) is 1. The maximum Gasteiger partial charge on any atom is 0.128 e. The summed E-state index contributed by atoms with van der Waals surface area (Å²) in [4.78, 5) is 4.42. The van der Waals surface area contributed by atoms with Gasteiger partial charge in [-0.05, 0) is 43.7 Å². The summed E-state index contributed by atoms with van der Waals surface area (Å²) in [5.74, 6) is 1.70. The molecule has 114 valence electrons. The van der Waals surface area contributed by atoms with E-state index in [1.165, 1.54) is 18.9 Å². The van der Waals surface area contributed by atoms with Crippen LogP contribution >= 0.6 is 11.6 Å². The Morgan fingerprint density at radius 3 is 2.95 bits per heavy atom. The molecule has 0 aliphatic heterocycles. The first-order valence-electron chi connectivity index (χ1n) is 7.48. The number of nitrogens with zero attached hydrogens (tertiary/aromatic N) is 2. The molecule has 0 saturated heterocycles. The zero-order valence-corrected chi connectivity index (χ0v) is 13.0. The highest BCUT2D eigenvalue weighted by Gasteiger charge is 2.21. The van der Waals surface area contributed by atoms with Crippen molar-refractivity contribution in [2.75, 3.05) is 13.2 Å². The summed E-state index contributed by atoms with van der Waals surface area (Å²) in [5.41, 5.74) is 2.26. The highest BCUT2D eigenvalue weighted by Crippen LogP contribution is 2.28. The van der Waals surface area contributed by atoms with Gasteiger partial charge in [0.2, 0.25) is 0 Å². The Morgan fingerprint density at radius 2 is 2.24 bits per heavy atom. The molecule has 1 aromatic carbocycles. The minimum Gasteiger partial charge on any atom is -0.381 e. The first kappa shape index (κ1) is 14.8. The van der Waals surface area contributed by atoms with E-state index in [-0.39, 0.29) is 5.82 Å². The fourth-order valence-corrected chi connectivity index (χ4v) is 2.71. The molecule has 1 aromatic heterocycles. The van der Waals surface area contributed by atoms with Crippen LogP contribution in [0.25, 0.3) is 11.0 Å². The van der Waals surface area contributed by atoms with E-state index in [1.54, 1.807) is 6.92 Å². The summed E-state index contributed by atoms with van der Waals surface area (Å²) in [7, 11) is 0. The number of hydrogen-bond donors (Lipinski definition) is 0. The predicted octanol–water partition coefficient (Wildman–Crippen LogP) is 4.04. The number of aryl methyl sites for hydroxylation is 2. The molecule has 1 aliphatic carbocycles. The van der Waals surface area contributed by atoms with Gasteiger partial charge in [0, 0.05) is 25.8 Å². The second-order valence-corrected chi connectivity index (χ2v) is 6.04. The second kappa shape index (κ2) is 6.32. The smallest absolute Gasteiger partial charge is 0.128 e. The van der Waals surface area contributed by atoms with E-state index in [1.807, 2.05) is 6.07 Å². The normalized spacial score (nSPS) is 15.0. The first-order valence-corrected chi connectivity index (χ1v) is 8.01. The third kappa shape index (κ3) is 3.38. The van der Waals surface area contributed by atoms with Crippen LogP contribution in [0.3, 0.4) is 0 Å². The molecule has 0 amide bonds. The van der Waals surface area contributed by atoms with E-state index in [4.69, 9.17) is 16.3 Å². The van der Waals surface area contributed by atoms with Crippen LogP contribution in [-0.4, -0.2) is 22.8 Å². The standard InChI is InChI=1S/C16H20ClFN2O/c1-11-7-15-14(8-13(11)18)19-16(9-17)20(15)5-2-6-21-10-12-3-4-12/h7-8,12H,2-6,9-10H2,1H3. The maximum atomic E-state index is 13.6. The molecule has 0 unspecified atom stereocenters. The van der Waals surface area contributed by atoms with Crippen LogP contribution in [-0.2, 0) is 17.2 Å². The van der Waals surface area contributed by atoms with Crippen molar-refractivity contribution in [3.8, 4) is 0 Å². The molecule has 3 nitrogen and oxygen atoms in total. The lowest BCUT2D eigenvalue weighted by Crippen LogP contribution is -2.07. The molecule has 1 aliphatic rings. The van der Waals surface area contributed by atoms with Crippen LogP contribution in [0, 0.1) is 18.7 Å². The Bertz CT molecular complexity index is 637. The zero-order valence-electron chi connectivity index (χ0n) is 12.2. The van der Waals surface area contributed by atoms with Gasteiger partial charge in [-0.2, -0.15) is 0 Å². The fourth-order valence-electron chi connectivity index (χ4n) is 2.51. The van der Waals surface area contributed by atoms with Crippen molar-refractivity contribution in [2.45, 2.75) is 38.6 Å². The number of alkyl halides is 1. The molecule has 21 heavy (non-hydrogen) atoms. The Kier molecular flexibility index (Phi) is 4.45. The largest absolute Gasteiger partial charge is 0.381 e. The lowest BCUT2D eigenvalue weighted by atomic mass is 10.2. The molecule has 1 saturated carbocycles. The van der Waals surface area contributed by atoms with Gasteiger partial charge >= 0.3 is 0 Å². The number of benzene rings is 1. The minimum atomic E-state index is -0.221. The van der Waals surface area contributed by atoms with Gasteiger partial charge in [-0.15, -0.1) is 11.6 Å². The minimum absolute atomic E-state index is 0.221. The van der Waals surface area contributed by atoms with Gasteiger partial charge in [-0.3, -0.25) is 0 Å². The maximum absolute atomic E-state index is 13.6. The average molecular weight is 311 g/mol. The van der Waals surface area contributed by atoms with E-state index in [9.17, 15) is 4.39 Å². The molecule has 2 aromatic rings. The van der Waals surface area contributed by atoms with Crippen LogP contribution in [0.4, 0.5) is 4.39 Å². The second-order valence-electron chi connectivity index (χ2n) is 5.78. The van der Waals surface area contributed by atoms with E-state index >= 15 is 0 Å². The quantitative estimate of drug-likeness (QED) is 0.570. The van der Waals surface area contributed by atoms with Crippen LogP contribution in [0.2, 0.25) is 0 Å². The van der Waals surface area contributed by atoms with Gasteiger partial charge in [-0.1, -0.05) is 0 Å². The third-order valence-electron chi connectivity index (χ3n) is 3.95. The van der Waals surface area contributed by atoms with Gasteiger partial charge in [0.1, 0.15) is 11.6 Å². The van der Waals surface area contributed by atoms with Crippen molar-refractivity contribution in [1.82, 2.24) is 9.55 Å². The molecule has 0 radical (unpaired) electrons. The SMILES string of the molecule is Cc1cc2c(cc1F)nc(CCl)n2CCCOCC1CC1. The summed E-state index contributed by atoms with van der Waals surface area (Å²) < 4.78 is 21.4. The van der Waals surface area contributed by atoms with E-state index in [0.717, 1.165) is 43.4 Å². The van der Waals surface area contributed by atoms with Crippen molar-refractivity contribution in [3.63, 3.8) is 0 Å². The molecule has 1 fully saturated rings. The van der Waals surface area contributed by atoms with Crippen molar-refractivity contribution in [1.29, 1.82) is 0 Å². The lowest BCUT2D eigenvalue weighted by molar-refractivity contribution is 0.119. The van der Waals surface area contributed by atoms with Crippen molar-refractivity contribution < 1.29 is 9.13 Å². The molecule has 3 rings (SSSR count). The topological polar surface area (TPSA) is 27.1 Å². The van der Waals surface area contributed by atoms with Gasteiger partial charge in [0.25, 0.3) is 0 Å². The highest BCUT2D eigenvalue weighted by molar-refractivity contribution is 6.16. The number of rotatable bonds is 7. The van der Waals surface area contributed by atoms with E-state index < -0.39 is 0 Å². The molecule has 0 spiro atoms. The number of halogens is 2. The van der Waals surface area contributed by atoms with Crippen LogP contribution in [0.5, 0.6) is 0 Å². The zero-order chi connectivity index (χ0) is 14.8. The van der Waals surface area contributed by atoms with Crippen LogP contribution < -0.4 is 0 Å². The van der Waals surface area contributed by atoms with Gasteiger partial charge in [0.05, 0.1) is 16.9 Å². The summed E-state index contributed by atoms with van der Waals surface area (Å²) in [6.45, 7) is 4.20. The summed E-state index contributed by atoms with van der Waals surface area (Å²) in [6.07, 6.45) is 3.54. The molecular weight excluding hydrogens is 291 g/mol. The van der Waals surface area contributed by atoms with Gasteiger partial charge in [-0.25, -0.2) is 9.37 Å². The number of aromatic nitrogens is 2. The number of imidazole rings is 1. The Labute approximate surface area is 129 Å². The monoisotopic (exact) mass is 310 g/mol. The average Bonchev–Trinajstić information content (AvgIpc) is 3.23.